The van der Waals surface area contributed by atoms with E-state index in [1.54, 1.807) is 0 Å². The van der Waals surface area contributed by atoms with Gasteiger partial charge in [-0.1, -0.05) is 30.7 Å². The summed E-state index contributed by atoms with van der Waals surface area (Å²) in [7, 11) is 4.16. The number of nitrogens with zero attached hydrogens (tertiary/aromatic N) is 1. The van der Waals surface area contributed by atoms with E-state index in [0.29, 0.717) is 6.04 Å². The van der Waals surface area contributed by atoms with Gasteiger partial charge in [0.1, 0.15) is 0 Å². The SMILES string of the molecule is CCC(CNC)N(C)Cc1cccc(Cl)c1. The molecule has 3 heteroatoms. The van der Waals surface area contributed by atoms with Gasteiger partial charge in [0, 0.05) is 24.2 Å². The fourth-order valence-electron chi connectivity index (χ4n) is 1.90. The summed E-state index contributed by atoms with van der Waals surface area (Å²) in [5.41, 5.74) is 1.27. The summed E-state index contributed by atoms with van der Waals surface area (Å²) in [6.45, 7) is 4.19. The summed E-state index contributed by atoms with van der Waals surface area (Å²) in [5, 5.41) is 4.04. The largest absolute Gasteiger partial charge is 0.318 e. The highest BCUT2D eigenvalue weighted by molar-refractivity contribution is 6.30. The second-order valence-corrected chi connectivity index (χ2v) is 4.60. The Morgan fingerprint density at radius 2 is 2.19 bits per heavy atom. The monoisotopic (exact) mass is 240 g/mol. The van der Waals surface area contributed by atoms with Crippen LogP contribution in [0.1, 0.15) is 18.9 Å². The first-order chi connectivity index (χ1) is 7.67. The number of rotatable bonds is 6. The van der Waals surface area contributed by atoms with E-state index in [9.17, 15) is 0 Å². The molecular formula is C13H21ClN2. The topological polar surface area (TPSA) is 15.3 Å². The minimum atomic E-state index is 0.573. The van der Waals surface area contributed by atoms with E-state index in [1.807, 2.05) is 25.2 Å². The van der Waals surface area contributed by atoms with Crippen LogP contribution in [0.15, 0.2) is 24.3 Å². The van der Waals surface area contributed by atoms with E-state index >= 15 is 0 Å². The Morgan fingerprint density at radius 1 is 1.44 bits per heavy atom. The summed E-state index contributed by atoms with van der Waals surface area (Å²) in [6, 6.07) is 8.64. The van der Waals surface area contributed by atoms with Crippen molar-refractivity contribution in [1.82, 2.24) is 10.2 Å². The average molecular weight is 241 g/mol. The quantitative estimate of drug-likeness (QED) is 0.823. The number of nitrogens with one attached hydrogen (secondary N) is 1. The predicted molar refractivity (Wildman–Crippen MR) is 70.9 cm³/mol. The van der Waals surface area contributed by atoms with E-state index in [1.165, 1.54) is 5.56 Å². The molecule has 90 valence electrons. The third-order valence-electron chi connectivity index (χ3n) is 2.86. The Kier molecular flexibility index (Phi) is 5.81. The maximum absolute atomic E-state index is 5.97. The fraction of sp³-hybridized carbons (Fsp3) is 0.538. The van der Waals surface area contributed by atoms with Crippen molar-refractivity contribution in [2.45, 2.75) is 25.9 Å². The van der Waals surface area contributed by atoms with Gasteiger partial charge in [-0.25, -0.2) is 0 Å². The van der Waals surface area contributed by atoms with Gasteiger partial charge in [0.05, 0.1) is 0 Å². The van der Waals surface area contributed by atoms with Gasteiger partial charge in [0.15, 0.2) is 0 Å². The smallest absolute Gasteiger partial charge is 0.0409 e. The van der Waals surface area contributed by atoms with Crippen LogP contribution in [-0.2, 0) is 6.54 Å². The molecule has 0 saturated heterocycles. The molecule has 0 fully saturated rings. The highest BCUT2D eigenvalue weighted by Crippen LogP contribution is 2.13. The lowest BCUT2D eigenvalue weighted by molar-refractivity contribution is 0.224. The molecule has 0 aromatic heterocycles. The molecule has 1 atom stereocenters. The molecule has 0 amide bonds. The van der Waals surface area contributed by atoms with Gasteiger partial charge >= 0.3 is 0 Å². The van der Waals surface area contributed by atoms with Gasteiger partial charge in [-0.2, -0.15) is 0 Å². The summed E-state index contributed by atoms with van der Waals surface area (Å²) in [5.74, 6) is 0. The Balaban J connectivity index is 2.58. The number of benzene rings is 1. The van der Waals surface area contributed by atoms with Crippen molar-refractivity contribution in [3.8, 4) is 0 Å². The van der Waals surface area contributed by atoms with Crippen LogP contribution in [-0.4, -0.2) is 31.6 Å². The number of hydrogen-bond donors (Lipinski definition) is 1. The first kappa shape index (κ1) is 13.5. The van der Waals surface area contributed by atoms with E-state index in [0.717, 1.165) is 24.5 Å². The Morgan fingerprint density at radius 3 is 2.75 bits per heavy atom. The average Bonchev–Trinajstić information content (AvgIpc) is 2.25. The summed E-state index contributed by atoms with van der Waals surface area (Å²) >= 11 is 5.97. The van der Waals surface area contributed by atoms with Gasteiger partial charge in [-0.3, -0.25) is 4.90 Å². The lowest BCUT2D eigenvalue weighted by atomic mass is 10.1. The fourth-order valence-corrected chi connectivity index (χ4v) is 2.11. The standard InChI is InChI=1S/C13H21ClN2/c1-4-13(9-15-2)16(3)10-11-6-5-7-12(14)8-11/h5-8,13,15H,4,9-10H2,1-3H3. The van der Waals surface area contributed by atoms with Crippen molar-refractivity contribution in [2.24, 2.45) is 0 Å². The molecule has 1 N–H and O–H groups in total. The maximum Gasteiger partial charge on any atom is 0.0409 e. The molecule has 1 unspecified atom stereocenters. The zero-order valence-corrected chi connectivity index (χ0v) is 11.1. The number of halogens is 1. The minimum Gasteiger partial charge on any atom is -0.318 e. The molecule has 0 spiro atoms. The minimum absolute atomic E-state index is 0.573. The van der Waals surface area contributed by atoms with Crippen LogP contribution in [0.5, 0.6) is 0 Å². The third kappa shape index (κ3) is 4.12. The Labute approximate surface area is 104 Å². The van der Waals surface area contributed by atoms with Crippen molar-refractivity contribution in [3.05, 3.63) is 34.9 Å². The van der Waals surface area contributed by atoms with Gasteiger partial charge in [0.2, 0.25) is 0 Å². The summed E-state index contributed by atoms with van der Waals surface area (Å²) < 4.78 is 0. The molecule has 0 aliphatic rings. The molecule has 1 aromatic rings. The van der Waals surface area contributed by atoms with Crippen LogP contribution in [0, 0.1) is 0 Å². The second kappa shape index (κ2) is 6.89. The molecule has 0 aliphatic heterocycles. The van der Waals surface area contributed by atoms with Crippen LogP contribution in [0.25, 0.3) is 0 Å². The highest BCUT2D eigenvalue weighted by Gasteiger charge is 2.11. The Bertz CT molecular complexity index is 315. The highest BCUT2D eigenvalue weighted by atomic mass is 35.5. The van der Waals surface area contributed by atoms with E-state index in [-0.39, 0.29) is 0 Å². The molecule has 1 rings (SSSR count). The molecule has 0 bridgehead atoms. The summed E-state index contributed by atoms with van der Waals surface area (Å²) in [6.07, 6.45) is 1.15. The van der Waals surface area contributed by atoms with E-state index < -0.39 is 0 Å². The molecule has 0 aliphatic carbocycles. The van der Waals surface area contributed by atoms with Gasteiger partial charge < -0.3 is 5.32 Å². The van der Waals surface area contributed by atoms with Crippen LogP contribution in [0.3, 0.4) is 0 Å². The molecule has 1 aromatic carbocycles. The normalized spacial score (nSPS) is 13.1. The molecular weight excluding hydrogens is 220 g/mol. The zero-order chi connectivity index (χ0) is 12.0. The van der Waals surface area contributed by atoms with Crippen molar-refractivity contribution < 1.29 is 0 Å². The molecule has 2 nitrogen and oxygen atoms in total. The Hall–Kier alpha value is -0.570. The van der Waals surface area contributed by atoms with Crippen molar-refractivity contribution in [2.75, 3.05) is 20.6 Å². The first-order valence-electron chi connectivity index (χ1n) is 5.76. The van der Waals surface area contributed by atoms with Crippen molar-refractivity contribution in [1.29, 1.82) is 0 Å². The second-order valence-electron chi connectivity index (χ2n) is 4.16. The van der Waals surface area contributed by atoms with Crippen LogP contribution >= 0.6 is 11.6 Å². The number of likely N-dealkylation sites (N-methyl/N-ethyl adjacent to an activating group) is 2. The zero-order valence-electron chi connectivity index (χ0n) is 10.3. The van der Waals surface area contributed by atoms with Gasteiger partial charge in [-0.05, 0) is 38.2 Å². The molecule has 0 radical (unpaired) electrons. The maximum atomic E-state index is 5.97. The third-order valence-corrected chi connectivity index (χ3v) is 3.09. The van der Waals surface area contributed by atoms with Crippen LogP contribution in [0.2, 0.25) is 5.02 Å². The predicted octanol–water partition coefficient (Wildman–Crippen LogP) is 2.77. The van der Waals surface area contributed by atoms with Crippen molar-refractivity contribution in [3.63, 3.8) is 0 Å². The van der Waals surface area contributed by atoms with Crippen LogP contribution in [0.4, 0.5) is 0 Å². The number of hydrogen-bond acceptors (Lipinski definition) is 2. The van der Waals surface area contributed by atoms with Crippen LogP contribution < -0.4 is 5.32 Å². The lowest BCUT2D eigenvalue weighted by Crippen LogP contribution is -2.38. The van der Waals surface area contributed by atoms with Gasteiger partial charge in [0.25, 0.3) is 0 Å². The summed E-state index contributed by atoms with van der Waals surface area (Å²) in [4.78, 5) is 2.36. The molecule has 16 heavy (non-hydrogen) atoms. The van der Waals surface area contributed by atoms with E-state index in [2.05, 4.69) is 30.3 Å². The first-order valence-corrected chi connectivity index (χ1v) is 6.14. The van der Waals surface area contributed by atoms with Gasteiger partial charge in [-0.15, -0.1) is 0 Å². The molecule has 0 saturated carbocycles. The molecule has 0 heterocycles. The van der Waals surface area contributed by atoms with Crippen molar-refractivity contribution >= 4 is 11.6 Å². The van der Waals surface area contributed by atoms with E-state index in [4.69, 9.17) is 11.6 Å². The lowest BCUT2D eigenvalue weighted by Gasteiger charge is -2.27.